The third-order valence-electron chi connectivity index (χ3n) is 8.14. The predicted molar refractivity (Wildman–Crippen MR) is 184 cm³/mol. The molecule has 48 heavy (non-hydrogen) atoms. The standard InChI is InChI=1S/C38H48N4O6/c1-2-18-39-19-21-40(27-36(43)46-30-33-12-6-3-7-13-33)23-25-42(29-38(45)48-32-35-16-10-5-11-17-35)26-24-41(22-20-39)28-37(44)47-31-34-14-8-4-9-15-34/h1,3-17,36,43H,18-32H2. The number of ether oxygens (including phenoxy) is 3. The molecule has 1 aliphatic heterocycles. The SMILES string of the molecule is C#CCN1CCN(CC(=O)OCc2ccccc2)CCN(CC(=O)OCc2ccccc2)CCN(CC(O)OCc2ccccc2)CC1. The highest BCUT2D eigenvalue weighted by atomic mass is 16.6. The van der Waals surface area contributed by atoms with Crippen LogP contribution in [0.25, 0.3) is 0 Å². The van der Waals surface area contributed by atoms with Gasteiger partial charge in [-0.05, 0) is 16.7 Å². The predicted octanol–water partition coefficient (Wildman–Crippen LogP) is 2.86. The highest BCUT2D eigenvalue weighted by molar-refractivity contribution is 5.72. The number of benzene rings is 3. The maximum atomic E-state index is 13.0. The molecule has 1 heterocycles. The van der Waals surface area contributed by atoms with Crippen LogP contribution in [0.5, 0.6) is 0 Å². The van der Waals surface area contributed by atoms with Crippen molar-refractivity contribution < 1.29 is 28.9 Å². The molecule has 3 aromatic rings. The average molecular weight is 657 g/mol. The monoisotopic (exact) mass is 656 g/mol. The Labute approximate surface area is 284 Å². The fourth-order valence-electron chi connectivity index (χ4n) is 5.34. The number of terminal acetylenes is 1. The van der Waals surface area contributed by atoms with Crippen molar-refractivity contribution in [3.63, 3.8) is 0 Å². The second-order valence-electron chi connectivity index (χ2n) is 11.9. The van der Waals surface area contributed by atoms with Gasteiger partial charge in [0.05, 0.1) is 26.2 Å². The molecule has 1 aliphatic rings. The van der Waals surface area contributed by atoms with E-state index < -0.39 is 6.29 Å². The summed E-state index contributed by atoms with van der Waals surface area (Å²) in [6.07, 6.45) is 4.73. The molecule has 256 valence electrons. The number of hydrogen-bond donors (Lipinski definition) is 1. The number of carbonyl (C=O) groups is 2. The zero-order valence-corrected chi connectivity index (χ0v) is 27.7. The maximum absolute atomic E-state index is 13.0. The quantitative estimate of drug-likeness (QED) is 0.159. The Morgan fingerprint density at radius 1 is 0.604 bits per heavy atom. The first-order chi connectivity index (χ1) is 23.5. The number of aliphatic hydroxyl groups excluding tert-OH is 1. The molecule has 0 bridgehead atoms. The second-order valence-corrected chi connectivity index (χ2v) is 11.9. The van der Waals surface area contributed by atoms with Gasteiger partial charge in [-0.1, -0.05) is 96.9 Å². The number of esters is 2. The summed E-state index contributed by atoms with van der Waals surface area (Å²) in [5.41, 5.74) is 2.84. The van der Waals surface area contributed by atoms with Crippen LogP contribution in [0, 0.1) is 12.3 Å². The molecule has 0 aromatic heterocycles. The van der Waals surface area contributed by atoms with Gasteiger partial charge in [-0.3, -0.25) is 29.2 Å². The van der Waals surface area contributed by atoms with Gasteiger partial charge < -0.3 is 19.3 Å². The van der Waals surface area contributed by atoms with Crippen molar-refractivity contribution in [2.75, 3.05) is 78.5 Å². The van der Waals surface area contributed by atoms with Crippen LogP contribution < -0.4 is 0 Å². The van der Waals surface area contributed by atoms with E-state index in [-0.39, 0.29) is 38.2 Å². The lowest BCUT2D eigenvalue weighted by molar-refractivity contribution is -0.148. The van der Waals surface area contributed by atoms with E-state index in [2.05, 4.69) is 20.6 Å². The molecule has 1 fully saturated rings. The van der Waals surface area contributed by atoms with E-state index in [9.17, 15) is 14.7 Å². The molecule has 3 aromatic carbocycles. The Kier molecular flexibility index (Phi) is 16.1. The van der Waals surface area contributed by atoms with Gasteiger partial charge in [-0.25, -0.2) is 0 Å². The molecule has 10 nitrogen and oxygen atoms in total. The maximum Gasteiger partial charge on any atom is 0.320 e. The molecule has 1 saturated heterocycles. The number of nitrogens with zero attached hydrogens (tertiary/aromatic N) is 4. The van der Waals surface area contributed by atoms with Crippen molar-refractivity contribution in [3.8, 4) is 12.3 Å². The number of rotatable bonds is 14. The smallest absolute Gasteiger partial charge is 0.320 e. The van der Waals surface area contributed by atoms with Crippen molar-refractivity contribution in [2.45, 2.75) is 26.1 Å². The summed E-state index contributed by atoms with van der Waals surface area (Å²) >= 11 is 0. The molecule has 4 rings (SSSR count). The van der Waals surface area contributed by atoms with Crippen LogP contribution in [-0.4, -0.2) is 121 Å². The fourth-order valence-corrected chi connectivity index (χ4v) is 5.34. The van der Waals surface area contributed by atoms with Crippen molar-refractivity contribution in [1.82, 2.24) is 19.6 Å². The summed E-state index contributed by atoms with van der Waals surface area (Å²) in [7, 11) is 0. The molecule has 0 radical (unpaired) electrons. The summed E-state index contributed by atoms with van der Waals surface area (Å²) in [4.78, 5) is 34.3. The first-order valence-electron chi connectivity index (χ1n) is 16.5. The van der Waals surface area contributed by atoms with E-state index in [0.717, 1.165) is 16.7 Å². The van der Waals surface area contributed by atoms with Crippen LogP contribution >= 0.6 is 0 Å². The van der Waals surface area contributed by atoms with Gasteiger partial charge in [0.15, 0.2) is 6.29 Å². The molecule has 1 unspecified atom stereocenters. The average Bonchev–Trinajstić information content (AvgIpc) is 3.11. The van der Waals surface area contributed by atoms with E-state index >= 15 is 0 Å². The highest BCUT2D eigenvalue weighted by Crippen LogP contribution is 2.08. The summed E-state index contributed by atoms with van der Waals surface area (Å²) in [6.45, 7) is 6.48. The Balaban J connectivity index is 1.39. The van der Waals surface area contributed by atoms with E-state index in [0.29, 0.717) is 72.1 Å². The minimum atomic E-state index is -0.985. The molecular formula is C38H48N4O6. The van der Waals surface area contributed by atoms with E-state index in [1.807, 2.05) is 95.9 Å². The van der Waals surface area contributed by atoms with Crippen molar-refractivity contribution in [1.29, 1.82) is 0 Å². The van der Waals surface area contributed by atoms with Crippen molar-refractivity contribution in [2.24, 2.45) is 0 Å². The topological polar surface area (TPSA) is 95.0 Å². The molecule has 1 atom stereocenters. The number of aliphatic hydroxyl groups is 1. The van der Waals surface area contributed by atoms with Gasteiger partial charge in [0.1, 0.15) is 13.2 Å². The number of β-amino-alcohol motifs (C(OH)–C–C–N with tert-alkyl or cyclic N) is 1. The Morgan fingerprint density at radius 3 is 1.40 bits per heavy atom. The number of hydrogen-bond acceptors (Lipinski definition) is 10. The third-order valence-corrected chi connectivity index (χ3v) is 8.14. The Bertz CT molecular complexity index is 1390. The zero-order chi connectivity index (χ0) is 33.8. The molecule has 0 saturated carbocycles. The van der Waals surface area contributed by atoms with Crippen LogP contribution in [0.15, 0.2) is 91.0 Å². The van der Waals surface area contributed by atoms with Gasteiger partial charge in [-0.15, -0.1) is 6.42 Å². The van der Waals surface area contributed by atoms with E-state index in [1.54, 1.807) is 0 Å². The minimum absolute atomic E-state index is 0.100. The lowest BCUT2D eigenvalue weighted by Gasteiger charge is -2.34. The van der Waals surface area contributed by atoms with Crippen LogP contribution in [0.2, 0.25) is 0 Å². The summed E-state index contributed by atoms with van der Waals surface area (Å²) < 4.78 is 17.0. The van der Waals surface area contributed by atoms with Gasteiger partial charge in [0.25, 0.3) is 0 Å². The zero-order valence-electron chi connectivity index (χ0n) is 27.7. The fraction of sp³-hybridized carbons (Fsp3) is 0.421. The first kappa shape index (κ1) is 36.8. The van der Waals surface area contributed by atoms with Crippen molar-refractivity contribution in [3.05, 3.63) is 108 Å². The van der Waals surface area contributed by atoms with Crippen LogP contribution in [-0.2, 0) is 43.6 Å². The minimum Gasteiger partial charge on any atom is -0.460 e. The van der Waals surface area contributed by atoms with Crippen LogP contribution in [0.4, 0.5) is 0 Å². The molecule has 10 heteroatoms. The molecule has 0 amide bonds. The van der Waals surface area contributed by atoms with Crippen molar-refractivity contribution >= 4 is 11.9 Å². The largest absolute Gasteiger partial charge is 0.460 e. The molecule has 0 spiro atoms. The van der Waals surface area contributed by atoms with Crippen LogP contribution in [0.3, 0.4) is 0 Å². The highest BCUT2D eigenvalue weighted by Gasteiger charge is 2.21. The molecule has 1 N–H and O–H groups in total. The Morgan fingerprint density at radius 2 is 0.979 bits per heavy atom. The van der Waals surface area contributed by atoms with E-state index in [1.165, 1.54) is 0 Å². The van der Waals surface area contributed by atoms with Crippen LogP contribution in [0.1, 0.15) is 16.7 Å². The van der Waals surface area contributed by atoms with E-state index in [4.69, 9.17) is 20.6 Å². The van der Waals surface area contributed by atoms with Gasteiger partial charge in [0, 0.05) is 58.9 Å². The first-order valence-corrected chi connectivity index (χ1v) is 16.5. The lowest BCUT2D eigenvalue weighted by atomic mass is 10.2. The normalized spacial score (nSPS) is 16.6. The third kappa shape index (κ3) is 14.4. The summed E-state index contributed by atoms with van der Waals surface area (Å²) in [6, 6.07) is 28.9. The van der Waals surface area contributed by atoms with Gasteiger partial charge >= 0.3 is 11.9 Å². The summed E-state index contributed by atoms with van der Waals surface area (Å²) in [5.74, 6) is 2.13. The van der Waals surface area contributed by atoms with Gasteiger partial charge in [-0.2, -0.15) is 0 Å². The summed E-state index contributed by atoms with van der Waals surface area (Å²) in [5, 5.41) is 10.8. The second kappa shape index (κ2) is 21.0. The molecule has 0 aliphatic carbocycles. The number of carbonyl (C=O) groups excluding carboxylic acids is 2. The van der Waals surface area contributed by atoms with Gasteiger partial charge in [0.2, 0.25) is 0 Å². The Hall–Kier alpha value is -4.08. The lowest BCUT2D eigenvalue weighted by Crippen LogP contribution is -2.49. The molecular weight excluding hydrogens is 608 g/mol.